The van der Waals surface area contributed by atoms with E-state index in [2.05, 4.69) is 9.97 Å². The third-order valence-electron chi connectivity index (χ3n) is 4.85. The fourth-order valence-electron chi connectivity index (χ4n) is 3.53. The Balaban J connectivity index is 1.52. The molecule has 25 heavy (non-hydrogen) atoms. The van der Waals surface area contributed by atoms with Crippen LogP contribution in [0.4, 0.5) is 0 Å². The number of aromatic nitrogens is 2. The fraction of sp³-hybridized carbons (Fsp3) is 0.389. The van der Waals surface area contributed by atoms with Crippen LogP contribution in [-0.2, 0) is 24.2 Å². The van der Waals surface area contributed by atoms with Crippen molar-refractivity contribution in [3.8, 4) is 11.5 Å². The van der Waals surface area contributed by atoms with Crippen LogP contribution in [0.25, 0.3) is 0 Å². The number of carbonyl (C=O) groups is 1. The van der Waals surface area contributed by atoms with Gasteiger partial charge in [-0.05, 0) is 24.5 Å². The minimum atomic E-state index is -0.233. The molecule has 1 amide bonds. The van der Waals surface area contributed by atoms with Gasteiger partial charge in [0.2, 0.25) is 5.91 Å². The number of benzene rings is 1. The number of nitrogens with one attached hydrogen (secondary N) is 1. The normalized spacial score (nSPS) is 18.8. The number of amides is 1. The van der Waals surface area contributed by atoms with E-state index in [-0.39, 0.29) is 17.4 Å². The first-order valence-electron chi connectivity index (χ1n) is 8.30. The Kier molecular flexibility index (Phi) is 3.91. The average molecular weight is 341 g/mol. The lowest BCUT2D eigenvalue weighted by molar-refractivity contribution is -0.138. The first-order chi connectivity index (χ1) is 12.2. The van der Waals surface area contributed by atoms with Gasteiger partial charge in [0.05, 0.1) is 31.6 Å². The van der Waals surface area contributed by atoms with E-state index in [9.17, 15) is 9.59 Å². The molecular weight excluding hydrogens is 322 g/mol. The zero-order valence-electron chi connectivity index (χ0n) is 13.9. The maximum atomic E-state index is 12.9. The third kappa shape index (κ3) is 2.75. The number of aromatic amines is 1. The van der Waals surface area contributed by atoms with Crippen molar-refractivity contribution in [3.05, 3.63) is 51.7 Å². The summed E-state index contributed by atoms with van der Waals surface area (Å²) in [5, 5.41) is 0. The van der Waals surface area contributed by atoms with E-state index in [0.717, 1.165) is 11.3 Å². The number of carbonyl (C=O) groups excluding carboxylic acids is 1. The number of hydrogen-bond donors (Lipinski definition) is 1. The summed E-state index contributed by atoms with van der Waals surface area (Å²) < 4.78 is 11.1. The van der Waals surface area contributed by atoms with Gasteiger partial charge in [-0.15, -0.1) is 0 Å². The van der Waals surface area contributed by atoms with Gasteiger partial charge in [-0.2, -0.15) is 0 Å². The number of rotatable bonds is 2. The smallest absolute Gasteiger partial charge is 0.254 e. The SMILES string of the molecule is COc1cccc2c1OCC(C(=O)N1CCc3c(nc[nH]c3=O)C1)C2. The summed E-state index contributed by atoms with van der Waals surface area (Å²) in [4.78, 5) is 33.3. The molecule has 130 valence electrons. The summed E-state index contributed by atoms with van der Waals surface area (Å²) in [6.07, 6.45) is 2.54. The van der Waals surface area contributed by atoms with Crippen LogP contribution in [0, 0.1) is 5.92 Å². The van der Waals surface area contributed by atoms with E-state index in [1.54, 1.807) is 12.0 Å². The van der Waals surface area contributed by atoms with E-state index in [1.807, 2.05) is 18.2 Å². The van der Waals surface area contributed by atoms with Crippen LogP contribution >= 0.6 is 0 Å². The number of methoxy groups -OCH3 is 1. The van der Waals surface area contributed by atoms with Gasteiger partial charge >= 0.3 is 0 Å². The predicted molar refractivity (Wildman–Crippen MR) is 89.7 cm³/mol. The fourth-order valence-corrected chi connectivity index (χ4v) is 3.53. The van der Waals surface area contributed by atoms with Gasteiger partial charge in [-0.1, -0.05) is 12.1 Å². The summed E-state index contributed by atoms with van der Waals surface area (Å²) in [6.45, 7) is 1.24. The highest BCUT2D eigenvalue weighted by atomic mass is 16.5. The van der Waals surface area contributed by atoms with Crippen molar-refractivity contribution in [2.24, 2.45) is 5.92 Å². The second-order valence-electron chi connectivity index (χ2n) is 6.33. The van der Waals surface area contributed by atoms with E-state index in [4.69, 9.17) is 9.47 Å². The molecule has 1 unspecified atom stereocenters. The van der Waals surface area contributed by atoms with Gasteiger partial charge in [0.1, 0.15) is 6.61 Å². The molecular formula is C18H19N3O4. The number of para-hydroxylation sites is 1. The van der Waals surface area contributed by atoms with Gasteiger partial charge in [0.25, 0.3) is 5.56 Å². The van der Waals surface area contributed by atoms with Crippen LogP contribution in [0.5, 0.6) is 11.5 Å². The standard InChI is InChI=1S/C18H19N3O4/c1-24-15-4-2-3-11-7-12(9-25-16(11)15)18(23)21-6-5-13-14(8-21)19-10-20-17(13)22/h2-4,10,12H,5-9H2,1H3,(H,19,20,22). The summed E-state index contributed by atoms with van der Waals surface area (Å²) in [6, 6.07) is 5.72. The van der Waals surface area contributed by atoms with Gasteiger partial charge in [0, 0.05) is 12.1 Å². The maximum Gasteiger partial charge on any atom is 0.254 e. The highest BCUT2D eigenvalue weighted by molar-refractivity contribution is 5.80. The molecule has 1 atom stereocenters. The summed E-state index contributed by atoms with van der Waals surface area (Å²) in [7, 11) is 1.61. The Morgan fingerprint density at radius 2 is 2.32 bits per heavy atom. The van der Waals surface area contributed by atoms with Crippen LogP contribution in [0.15, 0.2) is 29.3 Å². The number of fused-ring (bicyclic) bond motifs is 2. The van der Waals surface area contributed by atoms with Gasteiger partial charge < -0.3 is 19.4 Å². The third-order valence-corrected chi connectivity index (χ3v) is 4.85. The molecule has 3 heterocycles. The monoisotopic (exact) mass is 341 g/mol. The van der Waals surface area contributed by atoms with Crippen LogP contribution in [-0.4, -0.2) is 41.0 Å². The Morgan fingerprint density at radius 1 is 1.44 bits per heavy atom. The zero-order valence-corrected chi connectivity index (χ0v) is 13.9. The van der Waals surface area contributed by atoms with Crippen LogP contribution in [0.2, 0.25) is 0 Å². The molecule has 1 aromatic carbocycles. The second-order valence-corrected chi connectivity index (χ2v) is 6.33. The van der Waals surface area contributed by atoms with Gasteiger partial charge in [0.15, 0.2) is 11.5 Å². The second kappa shape index (κ2) is 6.23. The van der Waals surface area contributed by atoms with Crippen molar-refractivity contribution in [2.45, 2.75) is 19.4 Å². The molecule has 7 heteroatoms. The molecule has 4 rings (SSSR count). The van der Waals surface area contributed by atoms with Crippen LogP contribution in [0.1, 0.15) is 16.8 Å². The Morgan fingerprint density at radius 3 is 3.16 bits per heavy atom. The first kappa shape index (κ1) is 15.7. The Bertz CT molecular complexity index is 877. The van der Waals surface area contributed by atoms with Gasteiger partial charge in [-0.25, -0.2) is 4.98 Å². The molecule has 2 aliphatic rings. The van der Waals surface area contributed by atoms with E-state index < -0.39 is 0 Å². The molecule has 0 aliphatic carbocycles. The summed E-state index contributed by atoms with van der Waals surface area (Å²) in [5.41, 5.74) is 2.23. The molecule has 0 spiro atoms. The molecule has 7 nitrogen and oxygen atoms in total. The lowest BCUT2D eigenvalue weighted by Crippen LogP contribution is -2.44. The molecule has 1 aromatic heterocycles. The molecule has 0 saturated carbocycles. The van der Waals surface area contributed by atoms with E-state index in [0.29, 0.717) is 49.5 Å². The van der Waals surface area contributed by atoms with Crippen molar-refractivity contribution in [2.75, 3.05) is 20.3 Å². The van der Waals surface area contributed by atoms with Gasteiger partial charge in [-0.3, -0.25) is 9.59 Å². The molecule has 2 aromatic rings. The van der Waals surface area contributed by atoms with Crippen molar-refractivity contribution in [1.82, 2.24) is 14.9 Å². The number of nitrogens with zero attached hydrogens (tertiary/aromatic N) is 2. The number of H-pyrrole nitrogens is 1. The number of hydrogen-bond acceptors (Lipinski definition) is 5. The van der Waals surface area contributed by atoms with Crippen molar-refractivity contribution >= 4 is 5.91 Å². The molecule has 0 bridgehead atoms. The van der Waals surface area contributed by atoms with Crippen molar-refractivity contribution < 1.29 is 14.3 Å². The van der Waals surface area contributed by atoms with Crippen molar-refractivity contribution in [1.29, 1.82) is 0 Å². The van der Waals surface area contributed by atoms with Crippen LogP contribution in [0.3, 0.4) is 0 Å². The number of ether oxygens (including phenoxy) is 2. The molecule has 0 radical (unpaired) electrons. The molecule has 2 aliphatic heterocycles. The first-order valence-corrected chi connectivity index (χ1v) is 8.30. The highest BCUT2D eigenvalue weighted by Crippen LogP contribution is 2.36. The van der Waals surface area contributed by atoms with Crippen molar-refractivity contribution in [3.63, 3.8) is 0 Å². The summed E-state index contributed by atoms with van der Waals surface area (Å²) >= 11 is 0. The molecule has 1 N–H and O–H groups in total. The Labute approximate surface area is 144 Å². The summed E-state index contributed by atoms with van der Waals surface area (Å²) in [5.74, 6) is 1.23. The predicted octanol–water partition coefficient (Wildman–Crippen LogP) is 0.914. The minimum absolute atomic E-state index is 0.0428. The molecule has 0 saturated heterocycles. The lowest BCUT2D eigenvalue weighted by Gasteiger charge is -2.33. The molecule has 0 fully saturated rings. The van der Waals surface area contributed by atoms with E-state index in [1.165, 1.54) is 6.33 Å². The average Bonchev–Trinajstić information content (AvgIpc) is 2.66. The van der Waals surface area contributed by atoms with Crippen LogP contribution < -0.4 is 15.0 Å². The van der Waals surface area contributed by atoms with E-state index >= 15 is 0 Å². The zero-order chi connectivity index (χ0) is 17.4. The Hall–Kier alpha value is -2.83. The highest BCUT2D eigenvalue weighted by Gasteiger charge is 2.33. The largest absolute Gasteiger partial charge is 0.493 e. The topological polar surface area (TPSA) is 84.5 Å². The minimum Gasteiger partial charge on any atom is -0.493 e. The maximum absolute atomic E-state index is 12.9. The quantitative estimate of drug-likeness (QED) is 0.878. The lowest BCUT2D eigenvalue weighted by atomic mass is 9.94.